The first-order valence-electron chi connectivity index (χ1n) is 7.98. The van der Waals surface area contributed by atoms with Crippen molar-refractivity contribution in [3.05, 3.63) is 107 Å². The minimum absolute atomic E-state index is 0.147. The summed E-state index contributed by atoms with van der Waals surface area (Å²) in [7, 11) is 0. The molecule has 0 heterocycles. The highest BCUT2D eigenvalue weighted by atomic mass is 19.1. The van der Waals surface area contributed by atoms with Crippen LogP contribution in [0.5, 0.6) is 5.75 Å². The third-order valence-electron chi connectivity index (χ3n) is 3.69. The number of ketones is 1. The van der Waals surface area contributed by atoms with E-state index < -0.39 is 11.8 Å². The summed E-state index contributed by atoms with van der Waals surface area (Å²) in [5, 5.41) is 0. The fraction of sp³-hybridized carbons (Fsp3) is 0. The van der Waals surface area contributed by atoms with Gasteiger partial charge in [-0.1, -0.05) is 60.7 Å². The molecule has 0 spiro atoms. The molecule has 128 valence electrons. The Kier molecular flexibility index (Phi) is 5.34. The molecule has 0 N–H and O–H groups in total. The van der Waals surface area contributed by atoms with Crippen molar-refractivity contribution in [2.45, 2.75) is 0 Å². The zero-order chi connectivity index (χ0) is 18.4. The van der Waals surface area contributed by atoms with E-state index in [9.17, 15) is 14.0 Å². The Balaban J connectivity index is 1.80. The number of ether oxygens (including phenoxy) is 1. The van der Waals surface area contributed by atoms with Gasteiger partial charge in [0.25, 0.3) is 0 Å². The lowest BCUT2D eigenvalue weighted by Gasteiger charge is -2.08. The lowest BCUT2D eigenvalue weighted by Crippen LogP contribution is -2.11. The first kappa shape index (κ1) is 17.3. The molecule has 0 fully saturated rings. The largest absolute Gasteiger partial charge is 0.422 e. The molecule has 0 radical (unpaired) electrons. The molecule has 0 amide bonds. The Bertz CT molecular complexity index is 962. The number of benzene rings is 3. The number of carbonyl (C=O) groups is 2. The number of rotatable bonds is 5. The second-order valence-electron chi connectivity index (χ2n) is 5.47. The van der Waals surface area contributed by atoms with E-state index in [2.05, 4.69) is 0 Å². The van der Waals surface area contributed by atoms with Crippen molar-refractivity contribution < 1.29 is 18.7 Å². The maximum atomic E-state index is 13.7. The molecule has 26 heavy (non-hydrogen) atoms. The van der Waals surface area contributed by atoms with E-state index in [0.29, 0.717) is 11.1 Å². The van der Waals surface area contributed by atoms with E-state index in [1.807, 2.05) is 6.07 Å². The van der Waals surface area contributed by atoms with Crippen LogP contribution in [0.15, 0.2) is 84.9 Å². The molecule has 0 aliphatic heterocycles. The monoisotopic (exact) mass is 346 g/mol. The molecule has 3 aromatic carbocycles. The molecule has 0 bridgehead atoms. The van der Waals surface area contributed by atoms with Gasteiger partial charge in [-0.05, 0) is 30.4 Å². The standard InChI is InChI=1S/C22H15FO3/c23-19-12-6-5-11-18(19)22(25)26-21-13-7-4-10-17(21)14-15-20(24)16-8-2-1-3-9-16/h1-15H. The van der Waals surface area contributed by atoms with E-state index in [4.69, 9.17) is 4.74 Å². The van der Waals surface area contributed by atoms with Crippen LogP contribution in [0, 0.1) is 5.82 Å². The Morgan fingerprint density at radius 1 is 0.808 bits per heavy atom. The summed E-state index contributed by atoms with van der Waals surface area (Å²) in [6, 6.07) is 21.2. The molecule has 0 saturated carbocycles. The summed E-state index contributed by atoms with van der Waals surface area (Å²) in [6.45, 7) is 0. The molecule has 0 saturated heterocycles. The zero-order valence-corrected chi connectivity index (χ0v) is 13.8. The Morgan fingerprint density at radius 2 is 1.46 bits per heavy atom. The van der Waals surface area contributed by atoms with Crippen LogP contribution < -0.4 is 4.74 Å². The van der Waals surface area contributed by atoms with Crippen LogP contribution in [0.25, 0.3) is 6.08 Å². The van der Waals surface area contributed by atoms with Crippen LogP contribution in [0.4, 0.5) is 4.39 Å². The molecule has 3 nitrogen and oxygen atoms in total. The number of hydrogen-bond donors (Lipinski definition) is 0. The van der Waals surface area contributed by atoms with Crippen molar-refractivity contribution in [3.63, 3.8) is 0 Å². The first-order chi connectivity index (χ1) is 12.6. The minimum Gasteiger partial charge on any atom is -0.422 e. The average molecular weight is 346 g/mol. The van der Waals surface area contributed by atoms with Crippen LogP contribution in [-0.2, 0) is 0 Å². The summed E-state index contributed by atoms with van der Waals surface area (Å²) in [6.07, 6.45) is 2.98. The second kappa shape index (κ2) is 8.03. The maximum absolute atomic E-state index is 13.7. The highest BCUT2D eigenvalue weighted by molar-refractivity contribution is 6.07. The molecule has 0 aliphatic rings. The summed E-state index contributed by atoms with van der Waals surface area (Å²) < 4.78 is 19.0. The van der Waals surface area contributed by atoms with Gasteiger partial charge in [-0.3, -0.25) is 4.79 Å². The van der Waals surface area contributed by atoms with Crippen molar-refractivity contribution in [3.8, 4) is 5.75 Å². The topological polar surface area (TPSA) is 43.4 Å². The lowest BCUT2D eigenvalue weighted by molar-refractivity contribution is 0.0729. The fourth-order valence-corrected chi connectivity index (χ4v) is 2.36. The van der Waals surface area contributed by atoms with E-state index in [1.165, 1.54) is 24.3 Å². The summed E-state index contributed by atoms with van der Waals surface area (Å²) in [4.78, 5) is 24.4. The number of allylic oxidation sites excluding steroid dienone is 1. The SMILES string of the molecule is O=C(C=Cc1ccccc1OC(=O)c1ccccc1F)c1ccccc1. The van der Waals surface area contributed by atoms with E-state index in [1.54, 1.807) is 60.7 Å². The van der Waals surface area contributed by atoms with Crippen LogP contribution in [-0.4, -0.2) is 11.8 Å². The van der Waals surface area contributed by atoms with Gasteiger partial charge in [0, 0.05) is 11.1 Å². The van der Waals surface area contributed by atoms with E-state index >= 15 is 0 Å². The maximum Gasteiger partial charge on any atom is 0.346 e. The average Bonchev–Trinajstić information content (AvgIpc) is 2.68. The smallest absolute Gasteiger partial charge is 0.346 e. The first-order valence-corrected chi connectivity index (χ1v) is 7.98. The Hall–Kier alpha value is -3.53. The molecule has 3 aromatic rings. The highest BCUT2D eigenvalue weighted by Gasteiger charge is 2.14. The summed E-state index contributed by atoms with van der Waals surface area (Å²) in [5.74, 6) is -1.36. The third-order valence-corrected chi connectivity index (χ3v) is 3.69. The van der Waals surface area contributed by atoms with Crippen molar-refractivity contribution in [2.24, 2.45) is 0 Å². The molecule has 0 aromatic heterocycles. The zero-order valence-electron chi connectivity index (χ0n) is 13.8. The van der Waals surface area contributed by atoms with Gasteiger partial charge in [0.15, 0.2) is 5.78 Å². The van der Waals surface area contributed by atoms with E-state index in [-0.39, 0.29) is 17.1 Å². The quantitative estimate of drug-likeness (QED) is 0.284. The minimum atomic E-state index is -0.793. The molecular formula is C22H15FO3. The molecule has 0 unspecified atom stereocenters. The number of carbonyl (C=O) groups excluding carboxylic acids is 2. The molecule has 4 heteroatoms. The van der Waals surface area contributed by atoms with Gasteiger partial charge in [-0.2, -0.15) is 0 Å². The van der Waals surface area contributed by atoms with Crippen molar-refractivity contribution >= 4 is 17.8 Å². The van der Waals surface area contributed by atoms with E-state index in [0.717, 1.165) is 0 Å². The molecule has 0 atom stereocenters. The van der Waals surface area contributed by atoms with Crippen molar-refractivity contribution in [1.82, 2.24) is 0 Å². The third kappa shape index (κ3) is 4.11. The van der Waals surface area contributed by atoms with Gasteiger partial charge < -0.3 is 4.74 Å². The van der Waals surface area contributed by atoms with Crippen molar-refractivity contribution in [2.75, 3.05) is 0 Å². The summed E-state index contributed by atoms with van der Waals surface area (Å²) >= 11 is 0. The van der Waals surface area contributed by atoms with Gasteiger partial charge in [0.05, 0.1) is 5.56 Å². The van der Waals surface area contributed by atoms with Gasteiger partial charge in [-0.15, -0.1) is 0 Å². The fourth-order valence-electron chi connectivity index (χ4n) is 2.36. The summed E-state index contributed by atoms with van der Waals surface area (Å²) in [5.41, 5.74) is 0.956. The van der Waals surface area contributed by atoms with Gasteiger partial charge >= 0.3 is 5.97 Å². The van der Waals surface area contributed by atoms with Gasteiger partial charge in [-0.25, -0.2) is 9.18 Å². The van der Waals surface area contributed by atoms with Crippen LogP contribution in [0.3, 0.4) is 0 Å². The molecule has 0 aliphatic carbocycles. The Labute approximate surface area is 150 Å². The highest BCUT2D eigenvalue weighted by Crippen LogP contribution is 2.22. The predicted octanol–water partition coefficient (Wildman–Crippen LogP) is 4.94. The number of para-hydroxylation sites is 1. The number of hydrogen-bond acceptors (Lipinski definition) is 3. The van der Waals surface area contributed by atoms with Crippen LogP contribution >= 0.6 is 0 Å². The van der Waals surface area contributed by atoms with Crippen LogP contribution in [0.1, 0.15) is 26.3 Å². The van der Waals surface area contributed by atoms with Crippen molar-refractivity contribution in [1.29, 1.82) is 0 Å². The normalized spacial score (nSPS) is 10.7. The number of esters is 1. The molecule has 3 rings (SSSR count). The van der Waals surface area contributed by atoms with Gasteiger partial charge in [0.1, 0.15) is 11.6 Å². The second-order valence-corrected chi connectivity index (χ2v) is 5.47. The van der Waals surface area contributed by atoms with Gasteiger partial charge in [0.2, 0.25) is 0 Å². The Morgan fingerprint density at radius 3 is 2.23 bits per heavy atom. The molecular weight excluding hydrogens is 331 g/mol. The lowest BCUT2D eigenvalue weighted by atomic mass is 10.1. The van der Waals surface area contributed by atoms with Crippen LogP contribution in [0.2, 0.25) is 0 Å². The number of halogens is 1. The predicted molar refractivity (Wildman–Crippen MR) is 97.6 cm³/mol.